The first-order valence-electron chi connectivity index (χ1n) is 6.62. The van der Waals surface area contributed by atoms with Crippen LogP contribution in [0, 0.1) is 15.2 Å². The predicted octanol–water partition coefficient (Wildman–Crippen LogP) is 2.60. The lowest BCUT2D eigenvalue weighted by Gasteiger charge is -2.32. The quantitative estimate of drug-likeness (QED) is 0.471. The monoisotopic (exact) mass is 410 g/mol. The Labute approximate surface area is 135 Å². The normalized spacial score (nSPS) is 22.5. The summed E-state index contributed by atoms with van der Waals surface area (Å²) in [6.07, 6.45) is 1.50. The molecule has 1 unspecified atom stereocenters. The van der Waals surface area contributed by atoms with E-state index in [1.165, 1.54) is 13.2 Å². The molecular weight excluding hydrogens is 393 g/mol. The summed E-state index contributed by atoms with van der Waals surface area (Å²) in [5.41, 5.74) is 2.47. The zero-order chi connectivity index (χ0) is 15.6. The molecule has 1 aromatic rings. The zero-order valence-electron chi connectivity index (χ0n) is 11.9. The molecule has 0 aliphatic carbocycles. The number of benzene rings is 1. The zero-order valence-corrected chi connectivity index (χ0v) is 14.0. The molecule has 1 atom stereocenters. The second-order valence-electron chi connectivity index (χ2n) is 5.19. The van der Waals surface area contributed by atoms with E-state index < -0.39 is 17.2 Å². The number of carbonyl (C=O) groups excluding carboxylic acids is 1. The molecule has 1 aliphatic heterocycles. The van der Waals surface area contributed by atoms with Crippen LogP contribution in [-0.2, 0) is 16.1 Å². The summed E-state index contributed by atoms with van der Waals surface area (Å²) in [5, 5.41) is 1.74. The minimum atomic E-state index is -0.853. The predicted molar refractivity (Wildman–Crippen MR) is 82.3 cm³/mol. The molecule has 116 valence electrons. The summed E-state index contributed by atoms with van der Waals surface area (Å²) < 4.78 is 32.4. The van der Waals surface area contributed by atoms with Crippen molar-refractivity contribution in [2.75, 3.05) is 13.7 Å². The number of halogens is 3. The standard InChI is InChI=1S/C14H17F2IN2O2/c1-14(13(20)21-2)6-3-7-19(14)18-8-9-4-5-10(17)12(16)11(9)15/h4-5,18H,3,6-8H2,1-2H3. The van der Waals surface area contributed by atoms with Crippen molar-refractivity contribution in [3.05, 3.63) is 32.9 Å². The fourth-order valence-corrected chi connectivity index (χ4v) is 2.95. The molecule has 2 rings (SSSR count). The maximum absolute atomic E-state index is 13.8. The van der Waals surface area contributed by atoms with E-state index in [-0.39, 0.29) is 21.6 Å². The average molecular weight is 410 g/mol. The highest BCUT2D eigenvalue weighted by Gasteiger charge is 2.44. The molecule has 7 heteroatoms. The van der Waals surface area contributed by atoms with E-state index >= 15 is 0 Å². The van der Waals surface area contributed by atoms with E-state index in [0.717, 1.165) is 6.42 Å². The van der Waals surface area contributed by atoms with Gasteiger partial charge in [-0.3, -0.25) is 4.79 Å². The number of carbonyl (C=O) groups is 1. The molecule has 1 N–H and O–H groups in total. The fraction of sp³-hybridized carbons (Fsp3) is 0.500. The summed E-state index contributed by atoms with van der Waals surface area (Å²) in [7, 11) is 1.35. The maximum Gasteiger partial charge on any atom is 0.327 e. The van der Waals surface area contributed by atoms with Crippen LogP contribution in [0.25, 0.3) is 0 Å². The number of nitrogens with one attached hydrogen (secondary N) is 1. The van der Waals surface area contributed by atoms with Crippen LogP contribution >= 0.6 is 22.6 Å². The molecule has 1 fully saturated rings. The fourth-order valence-electron chi connectivity index (χ4n) is 2.53. The van der Waals surface area contributed by atoms with Crippen LogP contribution in [0.5, 0.6) is 0 Å². The first kappa shape index (κ1) is 16.6. The van der Waals surface area contributed by atoms with Gasteiger partial charge in [-0.15, -0.1) is 0 Å². The van der Waals surface area contributed by atoms with E-state index in [9.17, 15) is 13.6 Å². The van der Waals surface area contributed by atoms with Gasteiger partial charge in [0.05, 0.1) is 10.7 Å². The second-order valence-corrected chi connectivity index (χ2v) is 6.35. The number of esters is 1. The lowest BCUT2D eigenvalue weighted by atomic mass is 10.0. The summed E-state index contributed by atoms with van der Waals surface area (Å²) in [5.74, 6) is -2.03. The summed E-state index contributed by atoms with van der Waals surface area (Å²) in [6, 6.07) is 3.07. The van der Waals surface area contributed by atoms with Gasteiger partial charge >= 0.3 is 5.97 Å². The third kappa shape index (κ3) is 3.19. The molecule has 4 nitrogen and oxygen atoms in total. The smallest absolute Gasteiger partial charge is 0.327 e. The van der Waals surface area contributed by atoms with Crippen molar-refractivity contribution in [2.45, 2.75) is 31.8 Å². The van der Waals surface area contributed by atoms with Gasteiger partial charge in [-0.25, -0.2) is 19.2 Å². The first-order chi connectivity index (χ1) is 9.90. The third-order valence-corrected chi connectivity index (χ3v) is 4.67. The molecule has 0 amide bonds. The number of nitrogens with zero attached hydrogens (tertiary/aromatic N) is 1. The summed E-state index contributed by atoms with van der Waals surface area (Å²) in [4.78, 5) is 11.9. The van der Waals surface area contributed by atoms with Gasteiger partial charge in [0.1, 0.15) is 5.54 Å². The van der Waals surface area contributed by atoms with E-state index in [2.05, 4.69) is 5.43 Å². The van der Waals surface area contributed by atoms with Crippen molar-refractivity contribution in [3.63, 3.8) is 0 Å². The van der Waals surface area contributed by atoms with Crippen molar-refractivity contribution in [3.8, 4) is 0 Å². The number of methoxy groups -OCH3 is 1. The first-order valence-corrected chi connectivity index (χ1v) is 7.70. The molecule has 1 aliphatic rings. The van der Waals surface area contributed by atoms with Crippen molar-refractivity contribution in [1.82, 2.24) is 10.4 Å². The van der Waals surface area contributed by atoms with Crippen LogP contribution in [0.1, 0.15) is 25.3 Å². The molecule has 0 bridgehead atoms. The van der Waals surface area contributed by atoms with Crippen LogP contribution in [0.15, 0.2) is 12.1 Å². The van der Waals surface area contributed by atoms with E-state index in [4.69, 9.17) is 4.74 Å². The summed E-state index contributed by atoms with van der Waals surface area (Å²) in [6.45, 7) is 2.55. The average Bonchev–Trinajstić information content (AvgIpc) is 2.85. The molecule has 0 radical (unpaired) electrons. The van der Waals surface area contributed by atoms with Crippen LogP contribution < -0.4 is 5.43 Å². The topological polar surface area (TPSA) is 41.6 Å². The van der Waals surface area contributed by atoms with Gasteiger partial charge in [-0.05, 0) is 48.4 Å². The van der Waals surface area contributed by atoms with Gasteiger partial charge in [0.25, 0.3) is 0 Å². The maximum atomic E-state index is 13.8. The minimum absolute atomic E-state index is 0.117. The largest absolute Gasteiger partial charge is 0.468 e. The number of ether oxygens (including phenoxy) is 1. The highest BCUT2D eigenvalue weighted by atomic mass is 127. The van der Waals surface area contributed by atoms with Crippen molar-refractivity contribution in [1.29, 1.82) is 0 Å². The molecule has 21 heavy (non-hydrogen) atoms. The SMILES string of the molecule is COC(=O)C1(C)CCCN1NCc1ccc(I)c(F)c1F. The highest BCUT2D eigenvalue weighted by molar-refractivity contribution is 14.1. The lowest BCUT2D eigenvalue weighted by molar-refractivity contribution is -0.154. The number of hydrogen-bond acceptors (Lipinski definition) is 4. The lowest BCUT2D eigenvalue weighted by Crippen LogP contribution is -2.54. The van der Waals surface area contributed by atoms with E-state index in [1.807, 2.05) is 0 Å². The van der Waals surface area contributed by atoms with E-state index in [0.29, 0.717) is 13.0 Å². The highest BCUT2D eigenvalue weighted by Crippen LogP contribution is 2.28. The Hall–Kier alpha value is -0.800. The Morgan fingerprint density at radius 2 is 2.19 bits per heavy atom. The Morgan fingerprint density at radius 3 is 2.86 bits per heavy atom. The van der Waals surface area contributed by atoms with Gasteiger partial charge < -0.3 is 4.74 Å². The number of hydrazine groups is 1. The molecule has 0 spiro atoms. The van der Waals surface area contributed by atoms with Gasteiger partial charge in [-0.1, -0.05) is 6.07 Å². The Morgan fingerprint density at radius 1 is 1.48 bits per heavy atom. The second kappa shape index (κ2) is 6.53. The van der Waals surface area contributed by atoms with Gasteiger partial charge in [0.15, 0.2) is 11.6 Å². The molecular formula is C14H17F2IN2O2. The van der Waals surface area contributed by atoms with Crippen LogP contribution in [0.4, 0.5) is 8.78 Å². The Balaban J connectivity index is 2.09. The molecule has 0 saturated carbocycles. The molecule has 1 saturated heterocycles. The van der Waals surface area contributed by atoms with E-state index in [1.54, 1.807) is 40.6 Å². The number of rotatable bonds is 4. The van der Waals surface area contributed by atoms with Crippen LogP contribution in [0.3, 0.4) is 0 Å². The number of hydrogen-bond donors (Lipinski definition) is 1. The molecule has 1 heterocycles. The molecule has 0 aromatic heterocycles. The van der Waals surface area contributed by atoms with Crippen LogP contribution in [0.2, 0.25) is 0 Å². The third-order valence-electron chi connectivity index (χ3n) is 3.84. The van der Waals surface area contributed by atoms with Crippen molar-refractivity contribution in [2.24, 2.45) is 0 Å². The van der Waals surface area contributed by atoms with Crippen LogP contribution in [-0.4, -0.2) is 30.2 Å². The minimum Gasteiger partial charge on any atom is -0.468 e. The molecule has 1 aromatic carbocycles. The van der Waals surface area contributed by atoms with Crippen molar-refractivity contribution < 1.29 is 18.3 Å². The van der Waals surface area contributed by atoms with Crippen molar-refractivity contribution >= 4 is 28.6 Å². The van der Waals surface area contributed by atoms with Gasteiger partial charge in [0.2, 0.25) is 0 Å². The summed E-state index contributed by atoms with van der Waals surface area (Å²) >= 11 is 1.75. The Kier molecular flexibility index (Phi) is 5.15. The van der Waals surface area contributed by atoms with Gasteiger partial charge in [-0.2, -0.15) is 0 Å². The van der Waals surface area contributed by atoms with Gasteiger partial charge in [0, 0.05) is 18.7 Å². The Bertz CT molecular complexity index is 556.